The van der Waals surface area contributed by atoms with Gasteiger partial charge >= 0.3 is 12.6 Å². The molecule has 10 heteroatoms. The van der Waals surface area contributed by atoms with Gasteiger partial charge in [-0.25, -0.2) is 0 Å². The van der Waals surface area contributed by atoms with Crippen LogP contribution < -0.4 is 15.0 Å². The van der Waals surface area contributed by atoms with Gasteiger partial charge in [-0.2, -0.15) is 13.8 Å². The number of nitrogens with zero attached hydrogens (tertiary/aromatic N) is 2. The summed E-state index contributed by atoms with van der Waals surface area (Å²) >= 11 is 0. The molecule has 1 aromatic heterocycles. The molecule has 5 aliphatic rings. The second kappa shape index (κ2) is 11.3. The Morgan fingerprint density at radius 3 is 2.66 bits per heavy atom. The van der Waals surface area contributed by atoms with Gasteiger partial charge in [0, 0.05) is 25.6 Å². The molecule has 8 nitrogen and oxygen atoms in total. The number of esters is 1. The van der Waals surface area contributed by atoms with Crippen molar-refractivity contribution in [3.05, 3.63) is 17.7 Å². The molecule has 210 valence electrons. The number of aromatic nitrogens is 1. The zero-order valence-corrected chi connectivity index (χ0v) is 22.3. The van der Waals surface area contributed by atoms with Gasteiger partial charge in [-0.15, -0.1) is 0 Å². The van der Waals surface area contributed by atoms with Crippen LogP contribution in [0.4, 0.5) is 14.6 Å². The number of halogens is 2. The van der Waals surface area contributed by atoms with Crippen LogP contribution in [0.15, 0.2) is 12.1 Å². The lowest BCUT2D eigenvalue weighted by atomic mass is 9.52. The number of amides is 1. The number of alkyl halides is 2. The van der Waals surface area contributed by atoms with E-state index in [9.17, 15) is 18.4 Å². The van der Waals surface area contributed by atoms with Gasteiger partial charge in [0.15, 0.2) is 0 Å². The third-order valence-corrected chi connectivity index (χ3v) is 8.91. The van der Waals surface area contributed by atoms with E-state index in [2.05, 4.69) is 10.2 Å². The maximum Gasteiger partial charge on any atom is 0.345 e. The summed E-state index contributed by atoms with van der Waals surface area (Å²) in [6.07, 6.45) is 6.75. The van der Waals surface area contributed by atoms with Crippen LogP contribution in [-0.2, 0) is 14.3 Å². The van der Waals surface area contributed by atoms with E-state index in [4.69, 9.17) is 19.2 Å². The highest BCUT2D eigenvalue weighted by Crippen LogP contribution is 2.57. The molecule has 5 fully saturated rings. The van der Waals surface area contributed by atoms with Crippen molar-refractivity contribution >= 4 is 17.7 Å². The lowest BCUT2D eigenvalue weighted by molar-refractivity contribution is -0.260. The zero-order valence-electron chi connectivity index (χ0n) is 22.3. The quantitative estimate of drug-likeness (QED) is 0.439. The Morgan fingerprint density at radius 1 is 1.21 bits per heavy atom. The Kier molecular flexibility index (Phi) is 8.07. The van der Waals surface area contributed by atoms with Crippen molar-refractivity contribution in [1.29, 1.82) is 0 Å². The van der Waals surface area contributed by atoms with Crippen LogP contribution in [0.2, 0.25) is 0 Å². The van der Waals surface area contributed by atoms with Crippen molar-refractivity contribution in [2.75, 3.05) is 31.7 Å². The monoisotopic (exact) mass is 535 g/mol. The molecule has 1 saturated heterocycles. The van der Waals surface area contributed by atoms with Gasteiger partial charge < -0.3 is 24.4 Å². The average Bonchev–Trinajstić information content (AvgIpc) is 2.88. The fraction of sp³-hybridized carbons (Fsp3) is 0.750. The van der Waals surface area contributed by atoms with Crippen molar-refractivity contribution < 1.29 is 32.6 Å². The molecule has 0 spiro atoms. The maximum absolute atomic E-state index is 13.5. The first kappa shape index (κ1) is 27.1. The van der Waals surface area contributed by atoms with Crippen molar-refractivity contribution in [2.45, 2.75) is 83.0 Å². The second-order valence-corrected chi connectivity index (χ2v) is 11.6. The van der Waals surface area contributed by atoms with E-state index in [0.29, 0.717) is 56.2 Å². The average molecular weight is 536 g/mol. The minimum absolute atomic E-state index is 0.0617. The normalized spacial score (nSPS) is 31.9. The maximum atomic E-state index is 13.5. The van der Waals surface area contributed by atoms with Gasteiger partial charge in [-0.05, 0) is 87.2 Å². The number of carbonyl (C=O) groups is 2. The highest BCUT2D eigenvalue weighted by molar-refractivity contribution is 5.97. The summed E-state index contributed by atoms with van der Waals surface area (Å²) in [5, 5.41) is 3.23. The number of rotatable bonds is 10. The van der Waals surface area contributed by atoms with Gasteiger partial charge in [0.05, 0.1) is 19.3 Å². The molecular formula is C28H39F2N3O5. The molecule has 4 aliphatic carbocycles. The summed E-state index contributed by atoms with van der Waals surface area (Å²) in [5.41, 5.74) is -0.359. The van der Waals surface area contributed by atoms with Crippen LogP contribution in [0, 0.1) is 23.7 Å². The minimum Gasteiger partial charge on any atom is -0.477 e. The summed E-state index contributed by atoms with van der Waals surface area (Å²) in [6.45, 7) is 1.18. The summed E-state index contributed by atoms with van der Waals surface area (Å²) in [7, 11) is 1.41. The first-order valence-electron chi connectivity index (χ1n) is 14.0. The van der Waals surface area contributed by atoms with Crippen LogP contribution in [0.25, 0.3) is 0 Å². The number of piperidine rings is 1. The Labute approximate surface area is 222 Å². The largest absolute Gasteiger partial charge is 0.477 e. The van der Waals surface area contributed by atoms with Gasteiger partial charge in [0.1, 0.15) is 11.4 Å². The highest BCUT2D eigenvalue weighted by Gasteiger charge is 2.57. The molecule has 38 heavy (non-hydrogen) atoms. The Hall–Kier alpha value is -2.49. The first-order chi connectivity index (χ1) is 18.3. The van der Waals surface area contributed by atoms with E-state index in [1.165, 1.54) is 7.11 Å². The summed E-state index contributed by atoms with van der Waals surface area (Å²) < 4.78 is 42.2. The molecule has 3 atom stereocenters. The number of pyridine rings is 1. The van der Waals surface area contributed by atoms with E-state index < -0.39 is 12.2 Å². The molecule has 0 aromatic carbocycles. The fourth-order valence-electron chi connectivity index (χ4n) is 7.59. The molecule has 0 unspecified atom stereocenters. The number of nitrogens with one attached hydrogen (secondary N) is 1. The van der Waals surface area contributed by atoms with Gasteiger partial charge in [0.2, 0.25) is 5.88 Å². The summed E-state index contributed by atoms with van der Waals surface area (Å²) in [5.74, 6) is 1.43. The van der Waals surface area contributed by atoms with Gasteiger partial charge in [0.25, 0.3) is 5.91 Å². The number of anilines is 1. The molecule has 2 heterocycles. The summed E-state index contributed by atoms with van der Waals surface area (Å²) in [6, 6.07) is 3.55. The predicted octanol–water partition coefficient (Wildman–Crippen LogP) is 4.57. The van der Waals surface area contributed by atoms with Crippen LogP contribution in [0.5, 0.6) is 5.88 Å². The molecule has 1 aromatic rings. The van der Waals surface area contributed by atoms with Crippen molar-refractivity contribution in [1.82, 2.24) is 10.3 Å². The second-order valence-electron chi connectivity index (χ2n) is 11.6. The highest BCUT2D eigenvalue weighted by atomic mass is 19.3. The topological polar surface area (TPSA) is 90.0 Å². The third-order valence-electron chi connectivity index (χ3n) is 8.91. The first-order valence-corrected chi connectivity index (χ1v) is 14.0. The smallest absolute Gasteiger partial charge is 0.345 e. The van der Waals surface area contributed by atoms with Crippen molar-refractivity contribution in [3.8, 4) is 5.88 Å². The SMILES string of the molecule is CCCOc1nc(N2CCC[C@@H](CC(=O)OC)C2)ccc1C(=O)NC1[C@H]2CC3C[C@H]1CC(OC(F)F)(C3)C2. The molecular weight excluding hydrogens is 496 g/mol. The number of ether oxygens (including phenoxy) is 3. The number of methoxy groups -OCH3 is 1. The number of hydrogen-bond acceptors (Lipinski definition) is 7. The van der Waals surface area contributed by atoms with E-state index in [-0.39, 0.29) is 35.7 Å². The van der Waals surface area contributed by atoms with Gasteiger partial charge in [-0.1, -0.05) is 6.92 Å². The molecule has 1 N–H and O–H groups in total. The van der Waals surface area contributed by atoms with Crippen LogP contribution in [0.1, 0.15) is 75.1 Å². The van der Waals surface area contributed by atoms with Crippen LogP contribution in [-0.4, -0.2) is 61.9 Å². The molecule has 6 rings (SSSR count). The van der Waals surface area contributed by atoms with Gasteiger partial charge in [-0.3, -0.25) is 9.59 Å². The Balaban J connectivity index is 1.30. The van der Waals surface area contributed by atoms with E-state index >= 15 is 0 Å². The van der Waals surface area contributed by atoms with E-state index in [0.717, 1.165) is 44.5 Å². The van der Waals surface area contributed by atoms with E-state index in [1.54, 1.807) is 6.07 Å². The lowest BCUT2D eigenvalue weighted by Gasteiger charge is -2.59. The predicted molar refractivity (Wildman–Crippen MR) is 136 cm³/mol. The molecule has 0 radical (unpaired) electrons. The Bertz CT molecular complexity index is 1000. The van der Waals surface area contributed by atoms with Crippen LogP contribution >= 0.6 is 0 Å². The third kappa shape index (κ3) is 5.75. The summed E-state index contributed by atoms with van der Waals surface area (Å²) in [4.78, 5) is 32.2. The molecule has 1 amide bonds. The van der Waals surface area contributed by atoms with Crippen molar-refractivity contribution in [2.24, 2.45) is 23.7 Å². The Morgan fingerprint density at radius 2 is 1.97 bits per heavy atom. The standard InChI is InChI=1S/C28H39F2N3O5/c1-3-9-37-26-21(6-7-22(31-26)33-8-4-5-17(16-33)12-23(34)36-2)25(35)32-24-19-10-18-11-20(24)15-28(13-18,14-19)38-27(29)30/h6-7,17-20,24,27H,3-5,8-16H2,1-2H3,(H,32,35)/t17-,18?,19-,20-,24?,28?/m0/s1. The number of carbonyl (C=O) groups excluding carboxylic acids is 2. The minimum atomic E-state index is -2.77. The lowest BCUT2D eigenvalue weighted by Crippen LogP contribution is -2.62. The molecule has 1 aliphatic heterocycles. The van der Waals surface area contributed by atoms with E-state index in [1.807, 2.05) is 13.0 Å². The zero-order chi connectivity index (χ0) is 26.9. The fourth-order valence-corrected chi connectivity index (χ4v) is 7.59. The number of hydrogen-bond donors (Lipinski definition) is 1. The molecule has 4 saturated carbocycles. The van der Waals surface area contributed by atoms with Crippen molar-refractivity contribution in [3.63, 3.8) is 0 Å². The molecule has 4 bridgehead atoms. The van der Waals surface area contributed by atoms with Crippen LogP contribution in [0.3, 0.4) is 0 Å².